The molecule has 8 nitrogen and oxygen atoms in total. The van der Waals surface area contributed by atoms with E-state index in [-0.39, 0.29) is 19.1 Å². The number of carbonyl (C=O) groups is 1. The molecule has 74 heavy (non-hydrogen) atoms. The highest BCUT2D eigenvalue weighted by molar-refractivity contribution is 7.47. The van der Waals surface area contributed by atoms with E-state index in [0.717, 1.165) is 44.9 Å². The third kappa shape index (κ3) is 58.4. The number of carbonyl (C=O) groups excluding carboxylic acids is 1. The first-order chi connectivity index (χ1) is 36.0. The van der Waals surface area contributed by atoms with Gasteiger partial charge in [0.1, 0.15) is 13.2 Å². The number of hydrogen-bond donors (Lipinski definition) is 3. The van der Waals surface area contributed by atoms with E-state index in [0.29, 0.717) is 17.4 Å². The van der Waals surface area contributed by atoms with Crippen LogP contribution >= 0.6 is 7.82 Å². The van der Waals surface area contributed by atoms with Crippen molar-refractivity contribution in [3.63, 3.8) is 0 Å². The van der Waals surface area contributed by atoms with Crippen LogP contribution in [0.4, 0.5) is 0 Å². The fraction of sp³-hybridized carbons (Fsp3) is 0.892. The van der Waals surface area contributed by atoms with Gasteiger partial charge in [0.15, 0.2) is 0 Å². The van der Waals surface area contributed by atoms with Crippen molar-refractivity contribution < 1.29 is 32.9 Å². The molecule has 0 heterocycles. The average molecular weight is 1060 g/mol. The molecule has 0 aliphatic carbocycles. The van der Waals surface area contributed by atoms with Gasteiger partial charge in [0.05, 0.1) is 39.9 Å². The third-order valence-corrected chi connectivity index (χ3v) is 15.8. The molecule has 0 fully saturated rings. The van der Waals surface area contributed by atoms with Crippen LogP contribution in [0.3, 0.4) is 0 Å². The number of quaternary nitrogens is 1. The van der Waals surface area contributed by atoms with Crippen molar-refractivity contribution in [3.05, 3.63) is 36.5 Å². The number of phosphoric acid groups is 1. The smallest absolute Gasteiger partial charge is 0.387 e. The van der Waals surface area contributed by atoms with Gasteiger partial charge in [-0.1, -0.05) is 307 Å². The Morgan fingerprint density at radius 3 is 1.08 bits per heavy atom. The minimum atomic E-state index is -4.36. The van der Waals surface area contributed by atoms with Gasteiger partial charge in [0.25, 0.3) is 0 Å². The van der Waals surface area contributed by atoms with Crippen molar-refractivity contribution in [1.29, 1.82) is 0 Å². The van der Waals surface area contributed by atoms with Crippen LogP contribution in [-0.2, 0) is 18.4 Å². The van der Waals surface area contributed by atoms with E-state index < -0.39 is 20.0 Å². The molecule has 0 aromatic heterocycles. The minimum Gasteiger partial charge on any atom is -0.387 e. The van der Waals surface area contributed by atoms with E-state index in [9.17, 15) is 19.4 Å². The SMILES string of the molecule is CCCCCCCCCCCCCCCCCCC/C=C/CC/C=C/CC/C=C/C(O)C(COP(=O)(O)OCC[N+](C)(C)C)NC(=O)CCCCCCCCCCCCCCCCCCCCCCCCCCC. The second-order valence-electron chi connectivity index (χ2n) is 23.5. The van der Waals surface area contributed by atoms with E-state index in [4.69, 9.17) is 9.05 Å². The Kier molecular flexibility index (Phi) is 55.5. The topological polar surface area (TPSA) is 105 Å². The zero-order valence-electron chi connectivity index (χ0n) is 50.1. The third-order valence-electron chi connectivity index (χ3n) is 14.8. The maximum Gasteiger partial charge on any atom is 0.472 e. The molecule has 0 aliphatic heterocycles. The predicted molar refractivity (Wildman–Crippen MR) is 323 cm³/mol. The van der Waals surface area contributed by atoms with Crippen LogP contribution in [0, 0.1) is 0 Å². The maximum atomic E-state index is 13.0. The highest BCUT2D eigenvalue weighted by Crippen LogP contribution is 2.43. The number of rotatable bonds is 60. The molecule has 1 amide bonds. The number of aliphatic hydroxyl groups excluding tert-OH is 1. The van der Waals surface area contributed by atoms with E-state index in [2.05, 4.69) is 43.5 Å². The van der Waals surface area contributed by atoms with E-state index >= 15 is 0 Å². The summed E-state index contributed by atoms with van der Waals surface area (Å²) in [6.45, 7) is 4.84. The fourth-order valence-electron chi connectivity index (χ4n) is 9.78. The highest BCUT2D eigenvalue weighted by Gasteiger charge is 2.27. The van der Waals surface area contributed by atoms with E-state index in [1.54, 1.807) is 6.08 Å². The van der Waals surface area contributed by atoms with Gasteiger partial charge in [-0.15, -0.1) is 0 Å². The first-order valence-electron chi connectivity index (χ1n) is 32.4. The molecule has 0 bridgehead atoms. The van der Waals surface area contributed by atoms with E-state index in [1.165, 1.54) is 257 Å². The molecule has 0 aliphatic rings. The van der Waals surface area contributed by atoms with Crippen LogP contribution in [0.15, 0.2) is 36.5 Å². The summed E-state index contributed by atoms with van der Waals surface area (Å²) < 4.78 is 23.8. The standard InChI is InChI=1S/C65H127N2O6P/c1-6-8-10-12-14-16-18-20-22-24-26-28-30-32-33-35-36-38-40-42-44-46-48-50-52-54-56-58-64(68)63(62-73-74(70,71)72-61-60-67(3,4)5)66-65(69)59-57-55-53-51-49-47-45-43-41-39-37-34-31-29-27-25-23-21-19-17-15-13-11-9-7-2/h40,42,48,50,56,58,63-64,68H,6-39,41,43-47,49,51-55,57,59-62H2,1-5H3,(H-,66,69,70,71)/p+1/b42-40+,50-48+,58-56+. The van der Waals surface area contributed by atoms with Crippen molar-refractivity contribution >= 4 is 13.7 Å². The average Bonchev–Trinajstić information content (AvgIpc) is 3.36. The second kappa shape index (κ2) is 56.4. The van der Waals surface area contributed by atoms with Crippen LogP contribution in [0.2, 0.25) is 0 Å². The van der Waals surface area contributed by atoms with Crippen molar-refractivity contribution in [3.8, 4) is 0 Å². The molecule has 0 spiro atoms. The number of nitrogens with zero attached hydrogens (tertiary/aromatic N) is 1. The highest BCUT2D eigenvalue weighted by atomic mass is 31.2. The van der Waals surface area contributed by atoms with Gasteiger partial charge in [0, 0.05) is 6.42 Å². The van der Waals surface area contributed by atoms with Gasteiger partial charge in [-0.2, -0.15) is 0 Å². The summed E-state index contributed by atoms with van der Waals surface area (Å²) in [5.74, 6) is -0.184. The Morgan fingerprint density at radius 2 is 0.743 bits per heavy atom. The van der Waals surface area contributed by atoms with Gasteiger partial charge in [-0.25, -0.2) is 4.57 Å². The van der Waals surface area contributed by atoms with Crippen molar-refractivity contribution in [1.82, 2.24) is 5.32 Å². The molecule has 0 saturated carbocycles. The first kappa shape index (κ1) is 72.7. The number of likely N-dealkylation sites (N-methyl/N-ethyl adjacent to an activating group) is 1. The molecule has 438 valence electrons. The van der Waals surface area contributed by atoms with Crippen LogP contribution < -0.4 is 5.32 Å². The molecule has 3 N–H and O–H groups in total. The van der Waals surface area contributed by atoms with Crippen LogP contribution in [0.1, 0.15) is 322 Å². The van der Waals surface area contributed by atoms with Gasteiger partial charge >= 0.3 is 7.82 Å². The van der Waals surface area contributed by atoms with Gasteiger partial charge < -0.3 is 19.8 Å². The molecule has 9 heteroatoms. The molecular formula is C65H128N2O6P+. The molecular weight excluding hydrogens is 936 g/mol. The Labute approximate surface area is 461 Å². The number of nitrogens with one attached hydrogen (secondary N) is 1. The lowest BCUT2D eigenvalue weighted by Crippen LogP contribution is -2.45. The normalized spacial score (nSPS) is 14.0. The minimum absolute atomic E-state index is 0.0553. The Bertz CT molecular complexity index is 1300. The Morgan fingerprint density at radius 1 is 0.446 bits per heavy atom. The monoisotopic (exact) mass is 1060 g/mol. The predicted octanol–water partition coefficient (Wildman–Crippen LogP) is 20.1. The molecule has 3 unspecified atom stereocenters. The number of phosphoric ester groups is 1. The summed E-state index contributed by atoms with van der Waals surface area (Å²) in [5.41, 5.74) is 0. The lowest BCUT2D eigenvalue weighted by Gasteiger charge is -2.25. The summed E-state index contributed by atoms with van der Waals surface area (Å²) in [6, 6.07) is -0.869. The molecule has 0 aromatic carbocycles. The van der Waals surface area contributed by atoms with Crippen LogP contribution in [0.5, 0.6) is 0 Å². The number of hydrogen-bond acceptors (Lipinski definition) is 5. The molecule has 3 atom stereocenters. The molecule has 0 rings (SSSR count). The molecule has 0 aromatic rings. The number of aliphatic hydroxyl groups is 1. The summed E-state index contributed by atoms with van der Waals surface area (Å²) >= 11 is 0. The zero-order chi connectivity index (χ0) is 54.2. The summed E-state index contributed by atoms with van der Waals surface area (Å²) in [5, 5.41) is 14.0. The molecule has 0 saturated heterocycles. The summed E-state index contributed by atoms with van der Waals surface area (Å²) in [7, 11) is 1.56. The fourth-order valence-corrected chi connectivity index (χ4v) is 10.5. The first-order valence-corrected chi connectivity index (χ1v) is 33.9. The van der Waals surface area contributed by atoms with Gasteiger partial charge in [-0.3, -0.25) is 13.8 Å². The van der Waals surface area contributed by atoms with Crippen molar-refractivity contribution in [2.24, 2.45) is 0 Å². The lowest BCUT2D eigenvalue weighted by molar-refractivity contribution is -0.870. The Hall–Kier alpha value is -1.28. The maximum absolute atomic E-state index is 13.0. The summed E-state index contributed by atoms with van der Waals surface area (Å²) in [6.07, 6.45) is 74.2. The van der Waals surface area contributed by atoms with Crippen molar-refractivity contribution in [2.75, 3.05) is 40.9 Å². The van der Waals surface area contributed by atoms with Gasteiger partial charge in [-0.05, 0) is 44.9 Å². The zero-order valence-corrected chi connectivity index (χ0v) is 51.0. The molecule has 0 radical (unpaired) electrons. The number of amides is 1. The number of allylic oxidation sites excluding steroid dienone is 5. The van der Waals surface area contributed by atoms with Gasteiger partial charge in [0.2, 0.25) is 5.91 Å². The van der Waals surface area contributed by atoms with E-state index in [1.807, 2.05) is 27.2 Å². The van der Waals surface area contributed by atoms with Crippen molar-refractivity contribution in [2.45, 2.75) is 334 Å². The second-order valence-corrected chi connectivity index (χ2v) is 24.9. The number of unbranched alkanes of at least 4 members (excludes halogenated alkanes) is 43. The van der Waals surface area contributed by atoms with Crippen LogP contribution in [0.25, 0.3) is 0 Å². The Balaban J connectivity index is 4.18. The van der Waals surface area contributed by atoms with Crippen LogP contribution in [-0.4, -0.2) is 73.4 Å². The quantitative estimate of drug-likeness (QED) is 0.0243. The lowest BCUT2D eigenvalue weighted by atomic mass is 10.0. The summed E-state index contributed by atoms with van der Waals surface area (Å²) in [4.78, 5) is 23.4. The largest absolute Gasteiger partial charge is 0.472 e.